The van der Waals surface area contributed by atoms with Gasteiger partial charge in [-0.2, -0.15) is 0 Å². The molecule has 0 heterocycles. The number of rotatable bonds is 2. The Bertz CT molecular complexity index is 670. The molecule has 1 N–H and O–H groups in total. The maximum atomic E-state index is 13.3. The van der Waals surface area contributed by atoms with E-state index in [1.54, 1.807) is 18.2 Å². The molecule has 0 aliphatic heterocycles. The van der Waals surface area contributed by atoms with Crippen LogP contribution in [0.3, 0.4) is 0 Å². The van der Waals surface area contributed by atoms with Crippen LogP contribution < -0.4 is 5.32 Å². The summed E-state index contributed by atoms with van der Waals surface area (Å²) in [5.41, 5.74) is 0.556. The van der Waals surface area contributed by atoms with Crippen molar-refractivity contribution >= 4 is 62.3 Å². The summed E-state index contributed by atoms with van der Waals surface area (Å²) in [6.45, 7) is 0. The first-order valence-electron chi connectivity index (χ1n) is 5.29. The first kappa shape index (κ1) is 15.6. The standard InChI is InChI=1S/C13H6BrCl3FNO/c14-6-1-2-9(15)8(3-6)13(20)19-7-4-10(16)12(18)11(17)5-7/h1-5H,(H,19,20). The molecule has 7 heteroatoms. The fourth-order valence-corrected chi connectivity index (χ4v) is 2.55. The van der Waals surface area contributed by atoms with Gasteiger partial charge in [0, 0.05) is 10.2 Å². The monoisotopic (exact) mass is 395 g/mol. The molecule has 0 fully saturated rings. The van der Waals surface area contributed by atoms with E-state index in [9.17, 15) is 9.18 Å². The van der Waals surface area contributed by atoms with Crippen LogP contribution in [0.2, 0.25) is 15.1 Å². The van der Waals surface area contributed by atoms with Gasteiger partial charge in [-0.15, -0.1) is 0 Å². The number of carbonyl (C=O) groups excluding carboxylic acids is 1. The molecular formula is C13H6BrCl3FNO. The van der Waals surface area contributed by atoms with Crippen molar-refractivity contribution in [2.45, 2.75) is 0 Å². The van der Waals surface area contributed by atoms with Gasteiger partial charge >= 0.3 is 0 Å². The van der Waals surface area contributed by atoms with E-state index in [-0.39, 0.29) is 21.3 Å². The van der Waals surface area contributed by atoms with Crippen LogP contribution in [0.1, 0.15) is 10.4 Å². The van der Waals surface area contributed by atoms with Gasteiger partial charge in [0.2, 0.25) is 0 Å². The van der Waals surface area contributed by atoms with E-state index >= 15 is 0 Å². The highest BCUT2D eigenvalue weighted by Crippen LogP contribution is 2.28. The molecule has 0 saturated carbocycles. The molecule has 0 aliphatic carbocycles. The van der Waals surface area contributed by atoms with Gasteiger partial charge in [0.15, 0.2) is 5.82 Å². The lowest BCUT2D eigenvalue weighted by Gasteiger charge is -2.09. The first-order valence-corrected chi connectivity index (χ1v) is 7.22. The molecule has 0 unspecified atom stereocenters. The fraction of sp³-hybridized carbons (Fsp3) is 0. The van der Waals surface area contributed by atoms with Crippen LogP contribution in [0.25, 0.3) is 0 Å². The Morgan fingerprint density at radius 1 is 1.05 bits per heavy atom. The molecule has 0 saturated heterocycles. The quantitative estimate of drug-likeness (QED) is 0.638. The zero-order valence-electron chi connectivity index (χ0n) is 9.68. The number of hydrogen-bond donors (Lipinski definition) is 1. The molecule has 0 bridgehead atoms. The zero-order chi connectivity index (χ0) is 14.9. The normalized spacial score (nSPS) is 10.4. The molecule has 2 nitrogen and oxygen atoms in total. The number of amides is 1. The summed E-state index contributed by atoms with van der Waals surface area (Å²) in [5, 5.41) is 2.51. The number of anilines is 1. The van der Waals surface area contributed by atoms with E-state index in [1.807, 2.05) is 0 Å². The highest BCUT2D eigenvalue weighted by molar-refractivity contribution is 9.10. The molecule has 20 heavy (non-hydrogen) atoms. The van der Waals surface area contributed by atoms with E-state index in [1.165, 1.54) is 12.1 Å². The molecule has 0 spiro atoms. The molecule has 0 aromatic heterocycles. The smallest absolute Gasteiger partial charge is 0.257 e. The number of nitrogens with one attached hydrogen (secondary N) is 1. The average Bonchev–Trinajstić information content (AvgIpc) is 2.38. The molecule has 2 aromatic carbocycles. The second kappa shape index (κ2) is 6.31. The fourth-order valence-electron chi connectivity index (χ4n) is 1.50. The van der Waals surface area contributed by atoms with Crippen LogP contribution in [0.5, 0.6) is 0 Å². The maximum Gasteiger partial charge on any atom is 0.257 e. The van der Waals surface area contributed by atoms with E-state index in [0.29, 0.717) is 9.50 Å². The number of hydrogen-bond acceptors (Lipinski definition) is 1. The minimum Gasteiger partial charge on any atom is -0.322 e. The predicted octanol–water partition coefficient (Wildman–Crippen LogP) is 5.80. The summed E-state index contributed by atoms with van der Waals surface area (Å²) in [7, 11) is 0. The first-order chi connectivity index (χ1) is 9.38. The molecule has 1 amide bonds. The van der Waals surface area contributed by atoms with Crippen molar-refractivity contribution < 1.29 is 9.18 Å². The zero-order valence-corrected chi connectivity index (χ0v) is 13.5. The van der Waals surface area contributed by atoms with Crippen LogP contribution in [-0.2, 0) is 0 Å². The summed E-state index contributed by atoms with van der Waals surface area (Å²) in [6.07, 6.45) is 0. The van der Waals surface area contributed by atoms with Crippen LogP contribution in [0.4, 0.5) is 10.1 Å². The molecule has 0 radical (unpaired) electrons. The van der Waals surface area contributed by atoms with Crippen molar-refractivity contribution in [2.24, 2.45) is 0 Å². The van der Waals surface area contributed by atoms with Crippen LogP contribution in [0.15, 0.2) is 34.8 Å². The van der Waals surface area contributed by atoms with Crippen molar-refractivity contribution in [3.8, 4) is 0 Å². The second-order valence-corrected chi connectivity index (χ2v) is 5.97. The maximum absolute atomic E-state index is 13.3. The number of halogens is 5. The molecule has 0 atom stereocenters. The van der Waals surface area contributed by atoms with E-state index in [2.05, 4.69) is 21.2 Å². The van der Waals surface area contributed by atoms with Crippen molar-refractivity contribution in [1.82, 2.24) is 0 Å². The Hall–Kier alpha value is -0.810. The number of benzene rings is 2. The van der Waals surface area contributed by atoms with Crippen LogP contribution in [0, 0.1) is 5.82 Å². The predicted molar refractivity (Wildman–Crippen MR) is 83.5 cm³/mol. The van der Waals surface area contributed by atoms with Crippen LogP contribution >= 0.6 is 50.7 Å². The highest BCUT2D eigenvalue weighted by atomic mass is 79.9. The molecule has 2 aromatic rings. The van der Waals surface area contributed by atoms with Gasteiger partial charge in [0.05, 0.1) is 20.6 Å². The molecular weight excluding hydrogens is 391 g/mol. The summed E-state index contributed by atoms with van der Waals surface area (Å²) in [5.74, 6) is -1.18. The van der Waals surface area contributed by atoms with Gasteiger partial charge in [-0.1, -0.05) is 50.7 Å². The van der Waals surface area contributed by atoms with Crippen LogP contribution in [-0.4, -0.2) is 5.91 Å². The van der Waals surface area contributed by atoms with Crippen molar-refractivity contribution in [3.05, 3.63) is 61.3 Å². The van der Waals surface area contributed by atoms with E-state index < -0.39 is 11.7 Å². The minimum absolute atomic E-state index is 0.173. The van der Waals surface area contributed by atoms with Crippen molar-refractivity contribution in [3.63, 3.8) is 0 Å². The summed E-state index contributed by atoms with van der Waals surface area (Å²) in [4.78, 5) is 12.1. The average molecular weight is 397 g/mol. The van der Waals surface area contributed by atoms with Gasteiger partial charge in [0.1, 0.15) is 0 Å². The minimum atomic E-state index is -0.730. The van der Waals surface area contributed by atoms with Crippen molar-refractivity contribution in [1.29, 1.82) is 0 Å². The van der Waals surface area contributed by atoms with E-state index in [0.717, 1.165) is 0 Å². The lowest BCUT2D eigenvalue weighted by Crippen LogP contribution is -2.12. The molecule has 2 rings (SSSR count). The van der Waals surface area contributed by atoms with Gasteiger partial charge in [-0.3, -0.25) is 4.79 Å². The Balaban J connectivity index is 2.30. The van der Waals surface area contributed by atoms with Gasteiger partial charge in [0.25, 0.3) is 5.91 Å². The summed E-state index contributed by atoms with van der Waals surface area (Å²) < 4.78 is 14.0. The summed E-state index contributed by atoms with van der Waals surface area (Å²) in [6, 6.07) is 7.42. The Morgan fingerprint density at radius 2 is 1.65 bits per heavy atom. The Kier molecular flexibility index (Phi) is 4.91. The van der Waals surface area contributed by atoms with E-state index in [4.69, 9.17) is 34.8 Å². The lowest BCUT2D eigenvalue weighted by atomic mass is 10.2. The van der Waals surface area contributed by atoms with Crippen molar-refractivity contribution in [2.75, 3.05) is 5.32 Å². The molecule has 104 valence electrons. The third kappa shape index (κ3) is 3.44. The van der Waals surface area contributed by atoms with Gasteiger partial charge < -0.3 is 5.32 Å². The topological polar surface area (TPSA) is 29.1 Å². The Labute approximate surface area is 138 Å². The largest absolute Gasteiger partial charge is 0.322 e. The third-order valence-electron chi connectivity index (χ3n) is 2.41. The molecule has 0 aliphatic rings. The van der Waals surface area contributed by atoms with Gasteiger partial charge in [-0.25, -0.2) is 4.39 Å². The number of carbonyl (C=O) groups is 1. The summed E-state index contributed by atoms with van der Waals surface area (Å²) >= 11 is 20.5. The third-order valence-corrected chi connectivity index (χ3v) is 3.79. The Morgan fingerprint density at radius 3 is 2.25 bits per heavy atom. The lowest BCUT2D eigenvalue weighted by molar-refractivity contribution is 0.102. The second-order valence-electron chi connectivity index (χ2n) is 3.83. The van der Waals surface area contributed by atoms with Gasteiger partial charge in [-0.05, 0) is 30.3 Å². The highest BCUT2D eigenvalue weighted by Gasteiger charge is 2.13. The SMILES string of the molecule is O=C(Nc1cc(Cl)c(F)c(Cl)c1)c1cc(Br)ccc1Cl.